The second kappa shape index (κ2) is 6.12. The van der Waals surface area contributed by atoms with Crippen LogP contribution in [0, 0.1) is 5.82 Å². The van der Waals surface area contributed by atoms with Crippen LogP contribution in [-0.2, 0) is 0 Å². The number of carbonyl (C=O) groups excluding carboxylic acids is 1. The van der Waals surface area contributed by atoms with E-state index in [1.807, 2.05) is 24.3 Å². The lowest BCUT2D eigenvalue weighted by Crippen LogP contribution is -2.31. The minimum atomic E-state index is -0.513. The molecule has 8 heteroatoms. The molecule has 0 aliphatic carbocycles. The second-order valence-corrected chi connectivity index (χ2v) is 6.48. The molecule has 1 atom stereocenters. The van der Waals surface area contributed by atoms with Crippen LogP contribution in [0.3, 0.4) is 0 Å². The first-order valence-corrected chi connectivity index (χ1v) is 8.30. The van der Waals surface area contributed by atoms with E-state index in [1.165, 1.54) is 11.3 Å². The predicted molar refractivity (Wildman–Crippen MR) is 86.5 cm³/mol. The van der Waals surface area contributed by atoms with Gasteiger partial charge in [0, 0.05) is 13.0 Å². The second-order valence-electron chi connectivity index (χ2n) is 5.45. The molecular formula is C16H13FN4O2S. The number of rotatable bonds is 3. The number of carbonyl (C=O) groups is 1. The van der Waals surface area contributed by atoms with Crippen molar-refractivity contribution in [3.8, 4) is 6.01 Å². The third kappa shape index (κ3) is 2.92. The Morgan fingerprint density at radius 2 is 2.08 bits per heavy atom. The molecule has 3 aromatic rings. The molecule has 0 saturated carbocycles. The largest absolute Gasteiger partial charge is 0.458 e. The van der Waals surface area contributed by atoms with Crippen LogP contribution in [0.15, 0.2) is 36.7 Å². The van der Waals surface area contributed by atoms with Gasteiger partial charge in [-0.05, 0) is 12.1 Å². The van der Waals surface area contributed by atoms with Gasteiger partial charge in [-0.25, -0.2) is 19.3 Å². The smallest absolute Gasteiger partial charge is 0.316 e. The van der Waals surface area contributed by atoms with Gasteiger partial charge in [-0.3, -0.25) is 4.79 Å². The minimum absolute atomic E-state index is 0.0951. The summed E-state index contributed by atoms with van der Waals surface area (Å²) in [6, 6.07) is 7.79. The highest BCUT2D eigenvalue weighted by atomic mass is 32.1. The van der Waals surface area contributed by atoms with Gasteiger partial charge in [0.25, 0.3) is 5.91 Å². The molecule has 3 heterocycles. The standard InChI is InChI=1S/C16H13FN4O2S/c17-10-7-18-16(19-8-10)23-11-5-6-21(9-11)15(22)14-20-12-3-1-2-4-13(12)24-14/h1-4,7-8,11H,5-6,9H2. The highest BCUT2D eigenvalue weighted by Crippen LogP contribution is 2.24. The number of hydrogen-bond donors (Lipinski definition) is 0. The van der Waals surface area contributed by atoms with Crippen LogP contribution in [0.2, 0.25) is 0 Å². The number of hydrogen-bond acceptors (Lipinski definition) is 6. The maximum absolute atomic E-state index is 12.8. The van der Waals surface area contributed by atoms with Crippen LogP contribution in [0.1, 0.15) is 16.2 Å². The average molecular weight is 344 g/mol. The summed E-state index contributed by atoms with van der Waals surface area (Å²) in [7, 11) is 0. The third-order valence-corrected chi connectivity index (χ3v) is 4.80. The quantitative estimate of drug-likeness (QED) is 0.730. The summed E-state index contributed by atoms with van der Waals surface area (Å²) >= 11 is 1.39. The van der Waals surface area contributed by atoms with E-state index in [0.29, 0.717) is 24.5 Å². The summed E-state index contributed by atoms with van der Waals surface area (Å²) in [5.41, 5.74) is 0.831. The van der Waals surface area contributed by atoms with E-state index in [9.17, 15) is 9.18 Å². The van der Waals surface area contributed by atoms with E-state index < -0.39 is 5.82 Å². The Morgan fingerprint density at radius 1 is 1.29 bits per heavy atom. The van der Waals surface area contributed by atoms with Gasteiger partial charge in [-0.15, -0.1) is 11.3 Å². The SMILES string of the molecule is O=C(c1nc2ccccc2s1)N1CCC(Oc2ncc(F)cn2)C1. The molecule has 1 unspecified atom stereocenters. The van der Waals surface area contributed by atoms with Crippen molar-refractivity contribution < 1.29 is 13.9 Å². The van der Waals surface area contributed by atoms with Crippen molar-refractivity contribution in [2.24, 2.45) is 0 Å². The lowest BCUT2D eigenvalue weighted by atomic mass is 10.3. The fourth-order valence-electron chi connectivity index (χ4n) is 2.62. The lowest BCUT2D eigenvalue weighted by Gasteiger charge is -2.15. The molecule has 1 aromatic carbocycles. The Kier molecular flexibility index (Phi) is 3.81. The van der Waals surface area contributed by atoms with Crippen molar-refractivity contribution in [2.45, 2.75) is 12.5 Å². The lowest BCUT2D eigenvalue weighted by molar-refractivity contribution is 0.0769. The fraction of sp³-hybridized carbons (Fsp3) is 0.250. The summed E-state index contributed by atoms with van der Waals surface area (Å²) in [5, 5.41) is 0.481. The number of thiazole rings is 1. The zero-order chi connectivity index (χ0) is 16.5. The number of benzene rings is 1. The molecule has 0 radical (unpaired) electrons. The Hall–Kier alpha value is -2.61. The number of para-hydroxylation sites is 1. The maximum Gasteiger partial charge on any atom is 0.316 e. The molecule has 6 nitrogen and oxygen atoms in total. The molecule has 1 amide bonds. The van der Waals surface area contributed by atoms with Gasteiger partial charge in [0.1, 0.15) is 6.10 Å². The van der Waals surface area contributed by atoms with Gasteiger partial charge in [-0.1, -0.05) is 12.1 Å². The molecule has 24 heavy (non-hydrogen) atoms. The Labute approximate surface area is 140 Å². The number of halogens is 1. The van der Waals surface area contributed by atoms with E-state index >= 15 is 0 Å². The third-order valence-electron chi connectivity index (χ3n) is 3.78. The number of ether oxygens (including phenoxy) is 1. The molecule has 1 saturated heterocycles. The number of likely N-dealkylation sites (tertiary alicyclic amines) is 1. The van der Waals surface area contributed by atoms with Gasteiger partial charge >= 0.3 is 6.01 Å². The van der Waals surface area contributed by atoms with Gasteiger partial charge in [0.15, 0.2) is 10.8 Å². The molecule has 2 aromatic heterocycles. The Bertz CT molecular complexity index is 850. The number of amides is 1. The van der Waals surface area contributed by atoms with E-state index in [-0.39, 0.29) is 18.0 Å². The number of fused-ring (bicyclic) bond motifs is 1. The topological polar surface area (TPSA) is 68.2 Å². The zero-order valence-electron chi connectivity index (χ0n) is 12.6. The number of nitrogens with zero attached hydrogens (tertiary/aromatic N) is 4. The van der Waals surface area contributed by atoms with Crippen molar-refractivity contribution in [1.82, 2.24) is 19.9 Å². The first-order chi connectivity index (χ1) is 11.7. The molecule has 1 aliphatic heterocycles. The number of aromatic nitrogens is 3. The Morgan fingerprint density at radius 3 is 2.88 bits per heavy atom. The van der Waals surface area contributed by atoms with Gasteiger partial charge < -0.3 is 9.64 Å². The molecular weight excluding hydrogens is 331 g/mol. The van der Waals surface area contributed by atoms with Crippen LogP contribution in [0.25, 0.3) is 10.2 Å². The van der Waals surface area contributed by atoms with Gasteiger partial charge in [0.05, 0.1) is 29.2 Å². The first kappa shape index (κ1) is 14.9. The molecule has 1 fully saturated rings. The zero-order valence-corrected chi connectivity index (χ0v) is 13.4. The van der Waals surface area contributed by atoms with Crippen molar-refractivity contribution in [1.29, 1.82) is 0 Å². The molecule has 0 bridgehead atoms. The summed E-state index contributed by atoms with van der Waals surface area (Å²) in [5.74, 6) is -0.608. The van der Waals surface area contributed by atoms with Gasteiger partial charge in [-0.2, -0.15) is 0 Å². The van der Waals surface area contributed by atoms with Crippen molar-refractivity contribution >= 4 is 27.5 Å². The van der Waals surface area contributed by atoms with Crippen LogP contribution >= 0.6 is 11.3 Å². The monoisotopic (exact) mass is 344 g/mol. The van der Waals surface area contributed by atoms with E-state index in [4.69, 9.17) is 4.74 Å². The van der Waals surface area contributed by atoms with Crippen LogP contribution in [0.5, 0.6) is 6.01 Å². The molecule has 4 rings (SSSR count). The summed E-state index contributed by atoms with van der Waals surface area (Å²) < 4.78 is 19.4. The molecule has 1 aliphatic rings. The normalized spacial score (nSPS) is 17.4. The molecule has 122 valence electrons. The van der Waals surface area contributed by atoms with E-state index in [1.54, 1.807) is 4.90 Å². The van der Waals surface area contributed by atoms with E-state index in [2.05, 4.69) is 15.0 Å². The average Bonchev–Trinajstić information content (AvgIpc) is 3.23. The summed E-state index contributed by atoms with van der Waals surface area (Å²) in [6.07, 6.45) is 2.59. The minimum Gasteiger partial charge on any atom is -0.458 e. The highest BCUT2D eigenvalue weighted by molar-refractivity contribution is 7.20. The first-order valence-electron chi connectivity index (χ1n) is 7.48. The van der Waals surface area contributed by atoms with E-state index in [0.717, 1.165) is 22.6 Å². The Balaban J connectivity index is 1.44. The van der Waals surface area contributed by atoms with Crippen LogP contribution < -0.4 is 4.74 Å². The van der Waals surface area contributed by atoms with Crippen LogP contribution in [0.4, 0.5) is 4.39 Å². The maximum atomic E-state index is 12.8. The van der Waals surface area contributed by atoms with Gasteiger partial charge in [0.2, 0.25) is 0 Å². The highest BCUT2D eigenvalue weighted by Gasteiger charge is 2.30. The summed E-state index contributed by atoms with van der Waals surface area (Å²) in [4.78, 5) is 26.3. The fourth-order valence-corrected chi connectivity index (χ4v) is 3.55. The van der Waals surface area contributed by atoms with Crippen molar-refractivity contribution in [3.05, 3.63) is 47.5 Å². The molecule has 0 spiro atoms. The summed E-state index contributed by atoms with van der Waals surface area (Å²) in [6.45, 7) is 1.02. The molecule has 0 N–H and O–H groups in total. The van der Waals surface area contributed by atoms with Crippen molar-refractivity contribution in [3.63, 3.8) is 0 Å². The van der Waals surface area contributed by atoms with Crippen molar-refractivity contribution in [2.75, 3.05) is 13.1 Å². The van der Waals surface area contributed by atoms with Crippen LogP contribution in [-0.4, -0.2) is 45.0 Å². The predicted octanol–water partition coefficient (Wildman–Crippen LogP) is 2.52.